The molecule has 0 bridgehead atoms. The minimum absolute atomic E-state index is 0. The highest BCUT2D eigenvalue weighted by atomic mass is 35.5. The molecule has 1 fully saturated rings. The van der Waals surface area contributed by atoms with Gasteiger partial charge in [0, 0.05) is 25.1 Å². The molecular formula is C13H17ClFN3O2. The van der Waals surface area contributed by atoms with Crippen LogP contribution in [0.5, 0.6) is 0 Å². The van der Waals surface area contributed by atoms with Gasteiger partial charge in [0.25, 0.3) is 5.91 Å². The summed E-state index contributed by atoms with van der Waals surface area (Å²) in [4.78, 5) is 22.9. The zero-order valence-electron chi connectivity index (χ0n) is 11.0. The Balaban J connectivity index is 0.00000200. The predicted octanol–water partition coefficient (Wildman–Crippen LogP) is 1.30. The van der Waals surface area contributed by atoms with Crippen molar-refractivity contribution in [3.8, 4) is 0 Å². The fourth-order valence-corrected chi connectivity index (χ4v) is 2.00. The Morgan fingerprint density at radius 2 is 2.15 bits per heavy atom. The second kappa shape index (κ2) is 7.21. The molecule has 110 valence electrons. The van der Waals surface area contributed by atoms with Gasteiger partial charge in [0.05, 0.1) is 5.69 Å². The number of halogens is 2. The van der Waals surface area contributed by atoms with Crippen LogP contribution >= 0.6 is 12.4 Å². The summed E-state index contributed by atoms with van der Waals surface area (Å²) in [5.74, 6) is -1.20. The molecule has 1 unspecified atom stereocenters. The maximum absolute atomic E-state index is 13.4. The third-order valence-corrected chi connectivity index (χ3v) is 2.93. The van der Waals surface area contributed by atoms with Crippen LogP contribution < -0.4 is 16.0 Å². The van der Waals surface area contributed by atoms with Crippen LogP contribution in [0.25, 0.3) is 0 Å². The van der Waals surface area contributed by atoms with Gasteiger partial charge in [-0.2, -0.15) is 0 Å². The number of amides is 2. The molecule has 20 heavy (non-hydrogen) atoms. The molecule has 0 radical (unpaired) electrons. The number of hydrogen-bond donors (Lipinski definition) is 3. The summed E-state index contributed by atoms with van der Waals surface area (Å²) in [5, 5.41) is 8.36. The van der Waals surface area contributed by atoms with Crippen LogP contribution in [0.1, 0.15) is 23.7 Å². The van der Waals surface area contributed by atoms with E-state index in [1.807, 2.05) is 0 Å². The zero-order valence-corrected chi connectivity index (χ0v) is 11.8. The summed E-state index contributed by atoms with van der Waals surface area (Å²) in [6, 6.07) is 4.02. The lowest BCUT2D eigenvalue weighted by atomic mass is 10.1. The number of hydrogen-bond acceptors (Lipinski definition) is 3. The van der Waals surface area contributed by atoms with Crippen molar-refractivity contribution in [3.63, 3.8) is 0 Å². The molecule has 2 amide bonds. The van der Waals surface area contributed by atoms with Crippen molar-refractivity contribution in [1.29, 1.82) is 0 Å². The number of rotatable bonds is 3. The van der Waals surface area contributed by atoms with E-state index in [9.17, 15) is 14.0 Å². The van der Waals surface area contributed by atoms with Crippen LogP contribution in [0.15, 0.2) is 18.2 Å². The van der Waals surface area contributed by atoms with E-state index in [-0.39, 0.29) is 36.0 Å². The Labute approximate surface area is 122 Å². The lowest BCUT2D eigenvalue weighted by molar-refractivity contribution is -0.114. The van der Waals surface area contributed by atoms with Crippen LogP contribution in [0.2, 0.25) is 0 Å². The van der Waals surface area contributed by atoms with E-state index in [0.29, 0.717) is 5.56 Å². The summed E-state index contributed by atoms with van der Waals surface area (Å²) in [7, 11) is 0. The molecule has 1 saturated heterocycles. The van der Waals surface area contributed by atoms with Crippen molar-refractivity contribution in [2.75, 3.05) is 18.4 Å². The first-order valence-corrected chi connectivity index (χ1v) is 6.15. The van der Waals surface area contributed by atoms with Gasteiger partial charge in [0.1, 0.15) is 5.82 Å². The Morgan fingerprint density at radius 1 is 1.40 bits per heavy atom. The number of nitrogens with one attached hydrogen (secondary N) is 3. The summed E-state index contributed by atoms with van der Waals surface area (Å²) in [6.45, 7) is 2.91. The van der Waals surface area contributed by atoms with Crippen LogP contribution in [0, 0.1) is 5.82 Å². The summed E-state index contributed by atoms with van der Waals surface area (Å²) >= 11 is 0. The Hall–Kier alpha value is -1.66. The van der Waals surface area contributed by atoms with Gasteiger partial charge in [-0.15, -0.1) is 12.4 Å². The van der Waals surface area contributed by atoms with Crippen molar-refractivity contribution in [2.24, 2.45) is 0 Å². The van der Waals surface area contributed by atoms with Crippen LogP contribution in [-0.4, -0.2) is 30.9 Å². The summed E-state index contributed by atoms with van der Waals surface area (Å²) in [6.07, 6.45) is 0.880. The SMILES string of the molecule is CC(=O)Nc1cc(C(=O)NC2CCNC2)ccc1F.Cl. The predicted molar refractivity (Wildman–Crippen MR) is 76.7 cm³/mol. The molecule has 1 atom stereocenters. The van der Waals surface area contributed by atoms with Crippen molar-refractivity contribution in [1.82, 2.24) is 10.6 Å². The van der Waals surface area contributed by atoms with Crippen LogP contribution in [0.4, 0.5) is 10.1 Å². The molecule has 1 aromatic carbocycles. The second-order valence-electron chi connectivity index (χ2n) is 4.54. The lowest BCUT2D eigenvalue weighted by Crippen LogP contribution is -2.36. The van der Waals surface area contributed by atoms with Gasteiger partial charge in [0.15, 0.2) is 0 Å². The van der Waals surface area contributed by atoms with Gasteiger partial charge in [-0.3, -0.25) is 9.59 Å². The molecule has 7 heteroatoms. The first-order chi connectivity index (χ1) is 9.06. The lowest BCUT2D eigenvalue weighted by Gasteiger charge is -2.12. The Bertz CT molecular complexity index is 504. The summed E-state index contributed by atoms with van der Waals surface area (Å²) in [5.41, 5.74) is 0.349. The fraction of sp³-hybridized carbons (Fsp3) is 0.385. The fourth-order valence-electron chi connectivity index (χ4n) is 2.00. The topological polar surface area (TPSA) is 70.2 Å². The van der Waals surface area contributed by atoms with Gasteiger partial charge < -0.3 is 16.0 Å². The van der Waals surface area contributed by atoms with Crippen molar-refractivity contribution in [3.05, 3.63) is 29.6 Å². The number of anilines is 1. The van der Waals surface area contributed by atoms with Crippen molar-refractivity contribution in [2.45, 2.75) is 19.4 Å². The van der Waals surface area contributed by atoms with Crippen LogP contribution in [0.3, 0.4) is 0 Å². The van der Waals surface area contributed by atoms with Crippen molar-refractivity contribution < 1.29 is 14.0 Å². The molecule has 1 aromatic rings. The third-order valence-electron chi connectivity index (χ3n) is 2.93. The smallest absolute Gasteiger partial charge is 0.251 e. The molecule has 3 N–H and O–H groups in total. The number of carbonyl (C=O) groups excluding carboxylic acids is 2. The van der Waals surface area contributed by atoms with Gasteiger partial charge in [-0.25, -0.2) is 4.39 Å². The first kappa shape index (κ1) is 16.4. The molecule has 0 saturated carbocycles. The molecule has 0 aromatic heterocycles. The van der Waals surface area contributed by atoms with E-state index in [4.69, 9.17) is 0 Å². The molecule has 2 rings (SSSR count). The first-order valence-electron chi connectivity index (χ1n) is 6.15. The van der Waals surface area contributed by atoms with E-state index in [2.05, 4.69) is 16.0 Å². The van der Waals surface area contributed by atoms with Crippen molar-refractivity contribution >= 4 is 29.9 Å². The number of carbonyl (C=O) groups is 2. The maximum Gasteiger partial charge on any atom is 0.251 e. The van der Waals surface area contributed by atoms with Gasteiger partial charge >= 0.3 is 0 Å². The molecule has 1 heterocycles. The second-order valence-corrected chi connectivity index (χ2v) is 4.54. The normalized spacial score (nSPS) is 17.2. The standard InChI is InChI=1S/C13H16FN3O2.ClH/c1-8(18)16-12-6-9(2-3-11(12)14)13(19)17-10-4-5-15-7-10;/h2-3,6,10,15H,4-5,7H2,1H3,(H,16,18)(H,17,19);1H. The Morgan fingerprint density at radius 3 is 2.75 bits per heavy atom. The molecular weight excluding hydrogens is 285 g/mol. The zero-order chi connectivity index (χ0) is 13.8. The molecule has 5 nitrogen and oxygen atoms in total. The highest BCUT2D eigenvalue weighted by Crippen LogP contribution is 2.16. The number of benzene rings is 1. The minimum atomic E-state index is -0.561. The molecule has 1 aliphatic rings. The van der Waals surface area contributed by atoms with E-state index in [1.165, 1.54) is 25.1 Å². The molecule has 1 aliphatic heterocycles. The minimum Gasteiger partial charge on any atom is -0.348 e. The summed E-state index contributed by atoms with van der Waals surface area (Å²) < 4.78 is 13.4. The Kier molecular flexibility index (Phi) is 5.91. The van der Waals surface area contributed by atoms with Crippen LogP contribution in [-0.2, 0) is 4.79 Å². The van der Waals surface area contributed by atoms with E-state index in [0.717, 1.165) is 19.5 Å². The van der Waals surface area contributed by atoms with Gasteiger partial charge in [-0.1, -0.05) is 0 Å². The van der Waals surface area contributed by atoms with E-state index in [1.54, 1.807) is 0 Å². The van der Waals surface area contributed by atoms with E-state index >= 15 is 0 Å². The average molecular weight is 302 g/mol. The third kappa shape index (κ3) is 4.18. The quantitative estimate of drug-likeness (QED) is 0.788. The highest BCUT2D eigenvalue weighted by Gasteiger charge is 2.18. The largest absolute Gasteiger partial charge is 0.348 e. The molecule has 0 spiro atoms. The molecule has 0 aliphatic carbocycles. The average Bonchev–Trinajstić information content (AvgIpc) is 2.84. The van der Waals surface area contributed by atoms with Gasteiger partial charge in [0.2, 0.25) is 5.91 Å². The van der Waals surface area contributed by atoms with E-state index < -0.39 is 5.82 Å². The monoisotopic (exact) mass is 301 g/mol. The van der Waals surface area contributed by atoms with Gasteiger partial charge in [-0.05, 0) is 31.2 Å². The maximum atomic E-state index is 13.4. The highest BCUT2D eigenvalue weighted by molar-refractivity contribution is 5.97.